The second-order valence-corrected chi connectivity index (χ2v) is 12.0. The number of likely N-dealkylation sites (N-methyl/N-ethyl adjacent to an activating group) is 1. The van der Waals surface area contributed by atoms with Crippen molar-refractivity contribution in [3.05, 3.63) is 65.7 Å². The van der Waals surface area contributed by atoms with Crippen LogP contribution in [-0.2, 0) is 30.8 Å². The third kappa shape index (κ3) is 6.82. The molecule has 1 aliphatic heterocycles. The Morgan fingerprint density at radius 1 is 1.14 bits per heavy atom. The zero-order valence-corrected chi connectivity index (χ0v) is 25.2. The quantitative estimate of drug-likeness (QED) is 0.393. The summed E-state index contributed by atoms with van der Waals surface area (Å²) < 4.78 is 29.8. The molecule has 13 heteroatoms. The number of fused-ring (bicyclic) bond motifs is 2. The lowest BCUT2D eigenvalue weighted by molar-refractivity contribution is -0.128. The molecule has 1 heterocycles. The van der Waals surface area contributed by atoms with Gasteiger partial charge in [-0.2, -0.15) is 5.26 Å². The molecule has 2 atom stereocenters. The second kappa shape index (κ2) is 13.2. The van der Waals surface area contributed by atoms with Gasteiger partial charge in [0.05, 0.1) is 49.2 Å². The molecule has 11 nitrogen and oxygen atoms in total. The van der Waals surface area contributed by atoms with Crippen molar-refractivity contribution in [3.63, 3.8) is 0 Å². The summed E-state index contributed by atoms with van der Waals surface area (Å²) in [6.45, 7) is 1.29. The molecule has 0 saturated heterocycles. The molecule has 2 N–H and O–H groups in total. The Hall–Kier alpha value is -4.18. The number of anilines is 2. The van der Waals surface area contributed by atoms with Crippen LogP contribution in [0.1, 0.15) is 18.1 Å². The lowest BCUT2D eigenvalue weighted by Gasteiger charge is -2.27. The topological polar surface area (TPSA) is 149 Å². The first-order valence-electron chi connectivity index (χ1n) is 12.8. The fraction of sp³-hybridized carbons (Fsp3) is 0.310. The Labute approximate surface area is 250 Å². The van der Waals surface area contributed by atoms with E-state index in [-0.39, 0.29) is 42.4 Å². The number of hydrogen-bond acceptors (Lipinski definition) is 8. The van der Waals surface area contributed by atoms with E-state index in [2.05, 4.69) is 16.7 Å². The number of ether oxygens (including phenoxy) is 1. The fourth-order valence-corrected chi connectivity index (χ4v) is 5.37. The molecule has 0 aliphatic carbocycles. The summed E-state index contributed by atoms with van der Waals surface area (Å²) >= 11 is 0. The van der Waals surface area contributed by atoms with E-state index in [4.69, 9.17) is 4.74 Å². The summed E-state index contributed by atoms with van der Waals surface area (Å²) in [6, 6.07) is 15.9. The van der Waals surface area contributed by atoms with Crippen LogP contribution in [0.25, 0.3) is 10.8 Å². The highest BCUT2D eigenvalue weighted by Crippen LogP contribution is 2.38. The molecule has 0 bridgehead atoms. The maximum atomic E-state index is 14.3. The summed E-state index contributed by atoms with van der Waals surface area (Å²) in [4.78, 5) is 43.1. The highest BCUT2D eigenvalue weighted by atomic mass is 35.5. The molecule has 0 aromatic heterocycles. The summed E-state index contributed by atoms with van der Waals surface area (Å²) in [5, 5.41) is 16.9. The fourth-order valence-electron chi connectivity index (χ4n) is 4.77. The molecule has 0 spiro atoms. The monoisotopic (exact) mass is 613 g/mol. The minimum Gasteiger partial charge on any atom is -0.496 e. The molecule has 3 amide bonds. The molecule has 42 heavy (non-hydrogen) atoms. The Balaban J connectivity index is 0.00000484. The maximum absolute atomic E-state index is 14.3. The summed E-state index contributed by atoms with van der Waals surface area (Å²) in [5.74, 6) is -2.06. The van der Waals surface area contributed by atoms with Gasteiger partial charge in [-0.25, -0.2) is 8.42 Å². The molecule has 2 unspecified atom stereocenters. The average molecular weight is 614 g/mol. The number of benzene rings is 3. The number of rotatable bonds is 8. The van der Waals surface area contributed by atoms with E-state index in [0.717, 1.165) is 17.0 Å². The van der Waals surface area contributed by atoms with Gasteiger partial charge in [0.2, 0.25) is 11.8 Å². The van der Waals surface area contributed by atoms with Crippen molar-refractivity contribution in [1.29, 1.82) is 5.26 Å². The SMILES string of the molecule is CNC(C)C(=O)NC1CN(C(=O)CS(C)(=O)=O)c2ccc(C#N)cc2N(Cc2c(OC)ccc3ccccc23)C1=O.Cl. The van der Waals surface area contributed by atoms with Gasteiger partial charge in [-0.3, -0.25) is 14.4 Å². The second-order valence-electron chi connectivity index (χ2n) is 9.85. The first-order chi connectivity index (χ1) is 19.5. The van der Waals surface area contributed by atoms with Crippen LogP contribution in [0.2, 0.25) is 0 Å². The number of methoxy groups -OCH3 is 1. The predicted octanol–water partition coefficient (Wildman–Crippen LogP) is 2.16. The minimum atomic E-state index is -3.72. The Morgan fingerprint density at radius 3 is 2.50 bits per heavy atom. The smallest absolute Gasteiger partial charge is 0.251 e. The molecule has 4 rings (SSSR count). The van der Waals surface area contributed by atoms with Gasteiger partial charge in [0.15, 0.2) is 9.84 Å². The Morgan fingerprint density at radius 2 is 1.86 bits per heavy atom. The minimum absolute atomic E-state index is 0. The van der Waals surface area contributed by atoms with Crippen molar-refractivity contribution >= 4 is 62.1 Å². The van der Waals surface area contributed by atoms with Gasteiger partial charge in [-0.1, -0.05) is 30.3 Å². The van der Waals surface area contributed by atoms with E-state index in [9.17, 15) is 28.1 Å². The largest absolute Gasteiger partial charge is 0.496 e. The predicted molar refractivity (Wildman–Crippen MR) is 163 cm³/mol. The van der Waals surface area contributed by atoms with Gasteiger partial charge in [0.25, 0.3) is 5.91 Å². The van der Waals surface area contributed by atoms with Gasteiger partial charge in [-0.15, -0.1) is 12.4 Å². The van der Waals surface area contributed by atoms with Crippen LogP contribution < -0.4 is 25.2 Å². The molecule has 0 saturated carbocycles. The van der Waals surface area contributed by atoms with Gasteiger partial charge in [0, 0.05) is 11.8 Å². The number of carbonyl (C=O) groups is 3. The Kier molecular flexibility index (Phi) is 10.2. The molecule has 1 aliphatic rings. The number of hydrogen-bond donors (Lipinski definition) is 2. The Bertz CT molecular complexity index is 1670. The molecule has 3 aromatic carbocycles. The normalized spacial score (nSPS) is 15.6. The van der Waals surface area contributed by atoms with Crippen molar-refractivity contribution in [2.45, 2.75) is 25.6 Å². The number of amides is 3. The van der Waals surface area contributed by atoms with Crippen LogP contribution in [-0.4, -0.2) is 70.9 Å². The summed E-state index contributed by atoms with van der Waals surface area (Å²) in [6.07, 6.45) is 0.945. The first kappa shape index (κ1) is 32.3. The summed E-state index contributed by atoms with van der Waals surface area (Å²) in [5.41, 5.74) is 1.37. The first-order valence-corrected chi connectivity index (χ1v) is 14.9. The highest BCUT2D eigenvalue weighted by molar-refractivity contribution is 7.91. The average Bonchev–Trinajstić information content (AvgIpc) is 3.06. The van der Waals surface area contributed by atoms with Crippen molar-refractivity contribution in [3.8, 4) is 11.8 Å². The standard InChI is InChI=1S/C29H31N5O6S.ClH/c1-18(31-2)28(36)32-23-16-33(27(35)17-41(4,38)39)24-11-9-19(14-30)13-25(24)34(29(23)37)15-22-21-8-6-5-7-20(21)10-12-26(22)40-3;/h5-13,18,23,31H,15-17H2,1-4H3,(H,32,36);1H. The van der Waals surface area contributed by atoms with Gasteiger partial charge < -0.3 is 25.2 Å². The molecule has 3 aromatic rings. The number of halogens is 1. The number of nitrogens with zero attached hydrogens (tertiary/aromatic N) is 3. The third-order valence-electron chi connectivity index (χ3n) is 6.98. The maximum Gasteiger partial charge on any atom is 0.251 e. The van der Waals surface area contributed by atoms with Crippen LogP contribution >= 0.6 is 12.4 Å². The van der Waals surface area contributed by atoms with E-state index < -0.39 is 45.4 Å². The van der Waals surface area contributed by atoms with Crippen molar-refractivity contribution < 1.29 is 27.5 Å². The van der Waals surface area contributed by atoms with E-state index in [1.54, 1.807) is 20.0 Å². The molecular formula is C29H32ClN5O6S. The third-order valence-corrected chi connectivity index (χ3v) is 7.75. The van der Waals surface area contributed by atoms with Crippen LogP contribution in [0.4, 0.5) is 11.4 Å². The van der Waals surface area contributed by atoms with Crippen molar-refractivity contribution in [2.75, 3.05) is 42.5 Å². The lowest BCUT2D eigenvalue weighted by atomic mass is 10.0. The van der Waals surface area contributed by atoms with E-state index in [1.165, 1.54) is 35.1 Å². The van der Waals surface area contributed by atoms with Crippen LogP contribution in [0.15, 0.2) is 54.6 Å². The van der Waals surface area contributed by atoms with Crippen molar-refractivity contribution in [1.82, 2.24) is 10.6 Å². The molecule has 0 fully saturated rings. The van der Waals surface area contributed by atoms with Crippen molar-refractivity contribution in [2.24, 2.45) is 0 Å². The van der Waals surface area contributed by atoms with E-state index >= 15 is 0 Å². The van der Waals surface area contributed by atoms with Crippen LogP contribution in [0.5, 0.6) is 5.75 Å². The van der Waals surface area contributed by atoms with Gasteiger partial charge in [-0.05, 0) is 49.0 Å². The molecular weight excluding hydrogens is 582 g/mol. The lowest BCUT2D eigenvalue weighted by Crippen LogP contribution is -2.56. The number of nitrogens with one attached hydrogen (secondary N) is 2. The number of nitriles is 1. The van der Waals surface area contributed by atoms with Gasteiger partial charge >= 0.3 is 0 Å². The van der Waals surface area contributed by atoms with Crippen LogP contribution in [0, 0.1) is 11.3 Å². The zero-order valence-electron chi connectivity index (χ0n) is 23.6. The number of carbonyl (C=O) groups excluding carboxylic acids is 3. The summed E-state index contributed by atoms with van der Waals surface area (Å²) in [7, 11) is -0.605. The van der Waals surface area contributed by atoms with E-state index in [1.807, 2.05) is 30.3 Å². The van der Waals surface area contributed by atoms with Crippen LogP contribution in [0.3, 0.4) is 0 Å². The van der Waals surface area contributed by atoms with Gasteiger partial charge in [0.1, 0.15) is 17.5 Å². The molecule has 0 radical (unpaired) electrons. The number of sulfone groups is 1. The molecule has 222 valence electrons. The zero-order chi connectivity index (χ0) is 29.9. The van der Waals surface area contributed by atoms with E-state index in [0.29, 0.717) is 11.3 Å². The highest BCUT2D eigenvalue weighted by Gasteiger charge is 2.38.